The zero-order valence-electron chi connectivity index (χ0n) is 27.3. The largest absolute Gasteiger partial charge is 0.299 e. The molecule has 2 aromatic heterocycles. The quantitative estimate of drug-likeness (QED) is 0.170. The average molecular weight is 666 g/mol. The third-order valence-corrected chi connectivity index (χ3v) is 9.27. The summed E-state index contributed by atoms with van der Waals surface area (Å²) in [6.07, 6.45) is 0. The summed E-state index contributed by atoms with van der Waals surface area (Å²) in [4.78, 5) is 14.6. The van der Waals surface area contributed by atoms with Crippen LogP contribution in [0.15, 0.2) is 164 Å². The molecule has 6 aromatic carbocycles. The maximum atomic E-state index is 16.7. The molecule has 0 N–H and O–H groups in total. The SMILES string of the molecule is FC1(F)c2cc(-c3cc(-c4ccccc4)nc(-c4ccccc4)n3)ccc2-c2ccc(-c3nc(-c4ccccc4)nn3Cc3ccccc3)cc21. The Morgan fingerprint density at radius 1 is 0.451 bits per heavy atom. The van der Waals surface area contributed by atoms with E-state index >= 15 is 8.78 Å². The number of alkyl halides is 2. The minimum absolute atomic E-state index is 0.0518. The Bertz CT molecular complexity index is 2460. The molecule has 0 bridgehead atoms. The topological polar surface area (TPSA) is 56.5 Å². The molecule has 0 spiro atoms. The number of nitrogens with zero attached hydrogens (tertiary/aromatic N) is 5. The molecular weight excluding hydrogens is 637 g/mol. The van der Waals surface area contributed by atoms with E-state index < -0.39 is 5.92 Å². The summed E-state index contributed by atoms with van der Waals surface area (Å²) in [6.45, 7) is 0.446. The third kappa shape index (κ3) is 5.59. The van der Waals surface area contributed by atoms with Crippen LogP contribution in [0.4, 0.5) is 8.78 Å². The van der Waals surface area contributed by atoms with Gasteiger partial charge in [-0.1, -0.05) is 146 Å². The van der Waals surface area contributed by atoms with E-state index in [9.17, 15) is 0 Å². The van der Waals surface area contributed by atoms with Crippen molar-refractivity contribution in [3.8, 4) is 67.8 Å². The van der Waals surface area contributed by atoms with Crippen molar-refractivity contribution in [3.05, 3.63) is 180 Å². The molecule has 8 aromatic rings. The van der Waals surface area contributed by atoms with Crippen molar-refractivity contribution in [2.24, 2.45) is 0 Å². The molecule has 0 unspecified atom stereocenters. The van der Waals surface area contributed by atoms with Gasteiger partial charge in [0.05, 0.1) is 17.9 Å². The second kappa shape index (κ2) is 12.4. The first-order valence-corrected chi connectivity index (χ1v) is 16.7. The summed E-state index contributed by atoms with van der Waals surface area (Å²) in [5, 5.41) is 4.83. The Balaban J connectivity index is 1.13. The number of hydrogen-bond donors (Lipinski definition) is 0. The van der Waals surface area contributed by atoms with Gasteiger partial charge in [0, 0.05) is 38.9 Å². The number of aromatic nitrogens is 5. The summed E-state index contributed by atoms with van der Waals surface area (Å²) in [6, 6.07) is 51.4. The van der Waals surface area contributed by atoms with Crippen LogP contribution in [-0.4, -0.2) is 24.7 Å². The molecule has 2 heterocycles. The lowest BCUT2D eigenvalue weighted by atomic mass is 10.00. The predicted octanol–water partition coefficient (Wildman–Crippen LogP) is 10.6. The highest BCUT2D eigenvalue weighted by Crippen LogP contribution is 2.52. The molecule has 7 heteroatoms. The molecule has 51 heavy (non-hydrogen) atoms. The van der Waals surface area contributed by atoms with Gasteiger partial charge in [-0.3, -0.25) is 0 Å². The van der Waals surface area contributed by atoms with Gasteiger partial charge in [-0.05, 0) is 34.9 Å². The number of halogens is 2. The van der Waals surface area contributed by atoms with Gasteiger partial charge in [-0.25, -0.2) is 19.6 Å². The Morgan fingerprint density at radius 2 is 0.941 bits per heavy atom. The molecule has 0 aliphatic heterocycles. The van der Waals surface area contributed by atoms with Gasteiger partial charge in [0.25, 0.3) is 5.92 Å². The van der Waals surface area contributed by atoms with Crippen LogP contribution in [0, 0.1) is 0 Å². The van der Waals surface area contributed by atoms with Crippen LogP contribution in [0.2, 0.25) is 0 Å². The van der Waals surface area contributed by atoms with Crippen molar-refractivity contribution in [3.63, 3.8) is 0 Å². The third-order valence-electron chi connectivity index (χ3n) is 9.27. The Hall–Kier alpha value is -6.60. The summed E-state index contributed by atoms with van der Waals surface area (Å²) in [5.74, 6) is -1.66. The standard InChI is InChI=1S/C44H29F2N5/c45-44(46)37-25-33(40-27-39(30-15-7-2-8-16-30)47-41(48-40)31-17-9-3-10-18-31)21-23-35(37)36-24-22-34(26-38(36)44)43-49-42(32-19-11-4-12-20-32)50-51(43)28-29-13-5-1-6-14-29/h1-27H,28H2. The van der Waals surface area contributed by atoms with Crippen molar-refractivity contribution in [1.29, 1.82) is 0 Å². The highest BCUT2D eigenvalue weighted by molar-refractivity contribution is 5.84. The van der Waals surface area contributed by atoms with Gasteiger partial charge in [-0.2, -0.15) is 13.9 Å². The Morgan fingerprint density at radius 3 is 1.55 bits per heavy atom. The van der Waals surface area contributed by atoms with Crippen LogP contribution in [0.25, 0.3) is 67.8 Å². The van der Waals surface area contributed by atoms with E-state index in [1.165, 1.54) is 0 Å². The van der Waals surface area contributed by atoms with E-state index in [1.54, 1.807) is 28.9 Å². The summed E-state index contributed by atoms with van der Waals surface area (Å²) < 4.78 is 35.1. The van der Waals surface area contributed by atoms with Crippen LogP contribution < -0.4 is 0 Å². The summed E-state index contributed by atoms with van der Waals surface area (Å²) in [7, 11) is 0. The molecule has 5 nitrogen and oxygen atoms in total. The molecule has 0 saturated carbocycles. The van der Waals surface area contributed by atoms with Crippen LogP contribution in [0.5, 0.6) is 0 Å². The maximum Gasteiger partial charge on any atom is 0.299 e. The first-order valence-electron chi connectivity index (χ1n) is 16.7. The monoisotopic (exact) mass is 665 g/mol. The minimum Gasteiger partial charge on any atom is -0.241 e. The van der Waals surface area contributed by atoms with E-state index in [1.807, 2.05) is 140 Å². The average Bonchev–Trinajstić information content (AvgIpc) is 3.71. The molecule has 0 fully saturated rings. The van der Waals surface area contributed by atoms with Crippen molar-refractivity contribution in [2.45, 2.75) is 12.5 Å². The fraction of sp³-hybridized carbons (Fsp3) is 0.0455. The lowest BCUT2D eigenvalue weighted by molar-refractivity contribution is 0.0481. The van der Waals surface area contributed by atoms with E-state index in [0.29, 0.717) is 57.7 Å². The zero-order chi connectivity index (χ0) is 34.4. The number of rotatable bonds is 7. The second-order valence-corrected chi connectivity index (χ2v) is 12.6. The van der Waals surface area contributed by atoms with Crippen LogP contribution in [-0.2, 0) is 12.5 Å². The van der Waals surface area contributed by atoms with Gasteiger partial charge in [0.1, 0.15) is 0 Å². The smallest absolute Gasteiger partial charge is 0.241 e. The molecule has 0 saturated heterocycles. The lowest BCUT2D eigenvalue weighted by Gasteiger charge is -2.15. The normalized spacial score (nSPS) is 12.7. The first kappa shape index (κ1) is 30.5. The van der Waals surface area contributed by atoms with Gasteiger partial charge in [0.2, 0.25) is 0 Å². The molecule has 0 radical (unpaired) electrons. The van der Waals surface area contributed by atoms with Crippen molar-refractivity contribution < 1.29 is 8.78 Å². The number of hydrogen-bond acceptors (Lipinski definition) is 4. The second-order valence-electron chi connectivity index (χ2n) is 12.6. The van der Waals surface area contributed by atoms with Crippen molar-refractivity contribution >= 4 is 0 Å². The van der Waals surface area contributed by atoms with E-state index in [4.69, 9.17) is 20.1 Å². The van der Waals surface area contributed by atoms with Crippen LogP contribution in [0.3, 0.4) is 0 Å². The molecule has 1 aliphatic rings. The maximum absolute atomic E-state index is 16.7. The molecule has 0 atom stereocenters. The molecule has 0 amide bonds. The zero-order valence-corrected chi connectivity index (χ0v) is 27.3. The number of fused-ring (bicyclic) bond motifs is 3. The van der Waals surface area contributed by atoms with E-state index in [-0.39, 0.29) is 11.1 Å². The molecule has 1 aliphatic carbocycles. The summed E-state index contributed by atoms with van der Waals surface area (Å²) in [5.41, 5.74) is 6.99. The van der Waals surface area contributed by atoms with Gasteiger partial charge >= 0.3 is 0 Å². The van der Waals surface area contributed by atoms with Crippen molar-refractivity contribution in [1.82, 2.24) is 24.7 Å². The van der Waals surface area contributed by atoms with E-state index in [0.717, 1.165) is 22.3 Å². The van der Waals surface area contributed by atoms with Gasteiger partial charge in [-0.15, -0.1) is 0 Å². The molecule has 9 rings (SSSR count). The van der Waals surface area contributed by atoms with Gasteiger partial charge < -0.3 is 0 Å². The highest BCUT2D eigenvalue weighted by Gasteiger charge is 2.45. The Labute approximate surface area is 293 Å². The Kier molecular flexibility index (Phi) is 7.39. The highest BCUT2D eigenvalue weighted by atomic mass is 19.3. The summed E-state index contributed by atoms with van der Waals surface area (Å²) >= 11 is 0. The fourth-order valence-corrected chi connectivity index (χ4v) is 6.72. The molecular formula is C44H29F2N5. The predicted molar refractivity (Wildman–Crippen MR) is 197 cm³/mol. The fourth-order valence-electron chi connectivity index (χ4n) is 6.72. The number of benzene rings is 6. The molecule has 244 valence electrons. The van der Waals surface area contributed by atoms with Crippen LogP contribution >= 0.6 is 0 Å². The lowest BCUT2D eigenvalue weighted by Crippen LogP contribution is -2.11. The van der Waals surface area contributed by atoms with E-state index in [2.05, 4.69) is 0 Å². The first-order chi connectivity index (χ1) is 25.0. The van der Waals surface area contributed by atoms with Crippen LogP contribution in [0.1, 0.15) is 16.7 Å². The minimum atomic E-state index is -3.25. The van der Waals surface area contributed by atoms with Gasteiger partial charge in [0.15, 0.2) is 17.5 Å². The van der Waals surface area contributed by atoms with Crippen molar-refractivity contribution in [2.75, 3.05) is 0 Å².